The third-order valence-electron chi connectivity index (χ3n) is 2.50. The van der Waals surface area contributed by atoms with Gasteiger partial charge in [-0.15, -0.1) is 0 Å². The van der Waals surface area contributed by atoms with Gasteiger partial charge in [-0.3, -0.25) is 0 Å². The number of rotatable bonds is 12. The molecular formula is C14H36O14. The molecule has 0 unspecified atom stereocenters. The molecule has 176 valence electrons. The Hall–Kier alpha value is -0.560. The summed E-state index contributed by atoms with van der Waals surface area (Å²) in [6.07, 6.45) is -9.62. The van der Waals surface area contributed by atoms with Crippen LogP contribution < -0.4 is 0 Å². The Morgan fingerprint density at radius 3 is 0.643 bits per heavy atom. The molecule has 4 N–H and O–H groups in total. The molecule has 0 radical (unpaired) electrons. The summed E-state index contributed by atoms with van der Waals surface area (Å²) >= 11 is 0. The van der Waals surface area contributed by atoms with Gasteiger partial charge in [-0.1, -0.05) is 14.9 Å². The average Bonchev–Trinajstić information content (AvgIpc) is 2.62. The van der Waals surface area contributed by atoms with Crippen molar-refractivity contribution in [2.45, 2.75) is 39.5 Å². The molecule has 0 fully saturated rings. The van der Waals surface area contributed by atoms with Crippen molar-refractivity contribution in [2.75, 3.05) is 56.9 Å². The molecule has 0 aliphatic rings. The number of aliphatic hydroxyl groups is 4. The van der Waals surface area contributed by atoms with Crippen LogP contribution in [-0.4, -0.2) is 102 Å². The van der Waals surface area contributed by atoms with Crippen LogP contribution in [0.15, 0.2) is 0 Å². The zero-order valence-electron chi connectivity index (χ0n) is 15.9. The first-order chi connectivity index (χ1) is 11.9. The van der Waals surface area contributed by atoms with E-state index in [-0.39, 0.29) is 14.9 Å². The van der Waals surface area contributed by atoms with Crippen molar-refractivity contribution in [1.29, 1.82) is 0 Å². The molecule has 0 aliphatic carbocycles. The molecule has 0 amide bonds. The van der Waals surface area contributed by atoms with Gasteiger partial charge in [0.05, 0.1) is 0 Å². The summed E-state index contributed by atoms with van der Waals surface area (Å²) < 4.78 is 50.7. The fourth-order valence-electron chi connectivity index (χ4n) is 1.33. The molecule has 0 aromatic rings. The maximum Gasteiger partial charge on any atom is 0.424 e. The van der Waals surface area contributed by atoms with Crippen molar-refractivity contribution in [3.05, 3.63) is 0 Å². The minimum atomic E-state index is -3.50. The van der Waals surface area contributed by atoms with Crippen molar-refractivity contribution < 1.29 is 67.8 Å². The molecule has 0 saturated carbocycles. The van der Waals surface area contributed by atoms with E-state index in [1.165, 1.54) is 56.9 Å². The monoisotopic (exact) mass is 428 g/mol. The highest BCUT2D eigenvalue weighted by Crippen LogP contribution is 2.31. The quantitative estimate of drug-likeness (QED) is 0.275. The van der Waals surface area contributed by atoms with Gasteiger partial charge in [0.1, 0.15) is 0 Å². The summed E-state index contributed by atoms with van der Waals surface area (Å²) in [6.45, 7) is 0. The lowest BCUT2D eigenvalue weighted by Gasteiger charge is -2.40. The summed E-state index contributed by atoms with van der Waals surface area (Å²) in [5.41, 5.74) is 0. The number of hydrogen-bond acceptors (Lipinski definition) is 14. The van der Waals surface area contributed by atoms with Crippen LogP contribution in [0.1, 0.15) is 14.9 Å². The van der Waals surface area contributed by atoms with Gasteiger partial charge in [-0.2, -0.15) is 0 Å². The SMILES string of the molecule is C.C.COC(OC)(OC)OC(OC)(OC)OC(OC)(OC)OC.OC(O)(O)O. The van der Waals surface area contributed by atoms with Crippen LogP contribution in [0, 0.1) is 0 Å². The van der Waals surface area contributed by atoms with E-state index in [4.69, 9.17) is 67.8 Å². The Morgan fingerprint density at radius 1 is 0.393 bits per heavy atom. The number of methoxy groups -OCH3 is 8. The van der Waals surface area contributed by atoms with E-state index in [0.717, 1.165) is 0 Å². The largest absolute Gasteiger partial charge is 0.424 e. The topological polar surface area (TPSA) is 173 Å². The average molecular weight is 428 g/mol. The van der Waals surface area contributed by atoms with Crippen molar-refractivity contribution in [2.24, 2.45) is 0 Å². The van der Waals surface area contributed by atoms with Crippen LogP contribution >= 0.6 is 0 Å². The number of ether oxygens (including phenoxy) is 10. The van der Waals surface area contributed by atoms with Crippen molar-refractivity contribution in [3.8, 4) is 0 Å². The highest BCUT2D eigenvalue weighted by molar-refractivity contribution is 4.49. The Balaban J connectivity index is -0.000000364. The van der Waals surface area contributed by atoms with Gasteiger partial charge in [0.25, 0.3) is 0 Å². The van der Waals surface area contributed by atoms with Gasteiger partial charge in [0.2, 0.25) is 0 Å². The van der Waals surface area contributed by atoms with Gasteiger partial charge >= 0.3 is 24.6 Å². The van der Waals surface area contributed by atoms with Crippen LogP contribution in [0.5, 0.6) is 0 Å². The minimum absolute atomic E-state index is 0. The second-order valence-corrected chi connectivity index (χ2v) is 3.94. The second-order valence-electron chi connectivity index (χ2n) is 3.94. The molecule has 0 aromatic heterocycles. The molecule has 0 rings (SSSR count). The van der Waals surface area contributed by atoms with Crippen molar-refractivity contribution in [3.63, 3.8) is 0 Å². The van der Waals surface area contributed by atoms with Crippen LogP contribution in [0.4, 0.5) is 0 Å². The van der Waals surface area contributed by atoms with E-state index >= 15 is 0 Å². The van der Waals surface area contributed by atoms with Gasteiger partial charge in [0, 0.05) is 56.9 Å². The third kappa shape index (κ3) is 12.1. The molecule has 0 heterocycles. The smallest absolute Gasteiger partial charge is 0.319 e. The Bertz CT molecular complexity index is 300. The zero-order valence-corrected chi connectivity index (χ0v) is 15.9. The maximum absolute atomic E-state index is 7.19. The van der Waals surface area contributed by atoms with Crippen molar-refractivity contribution in [1.82, 2.24) is 0 Å². The molecule has 0 bridgehead atoms. The zero-order chi connectivity index (χ0) is 21.1. The molecule has 14 nitrogen and oxygen atoms in total. The van der Waals surface area contributed by atoms with E-state index < -0.39 is 24.6 Å². The lowest BCUT2D eigenvalue weighted by Crippen LogP contribution is -2.57. The maximum atomic E-state index is 7.19. The molecule has 0 aliphatic heterocycles. The predicted molar refractivity (Wildman–Crippen MR) is 91.5 cm³/mol. The van der Waals surface area contributed by atoms with Crippen LogP contribution in [-0.2, 0) is 47.4 Å². The predicted octanol–water partition coefficient (Wildman–Crippen LogP) is -1.14. The van der Waals surface area contributed by atoms with Crippen LogP contribution in [0.2, 0.25) is 0 Å². The molecule has 0 atom stereocenters. The van der Waals surface area contributed by atoms with Gasteiger partial charge in [-0.05, 0) is 0 Å². The summed E-state index contributed by atoms with van der Waals surface area (Å²) in [5, 5.41) is 28.8. The van der Waals surface area contributed by atoms with Gasteiger partial charge < -0.3 is 58.3 Å². The molecule has 28 heavy (non-hydrogen) atoms. The fourth-order valence-corrected chi connectivity index (χ4v) is 1.33. The summed E-state index contributed by atoms with van der Waals surface area (Å²) in [6, 6.07) is 0. The van der Waals surface area contributed by atoms with E-state index in [1.807, 2.05) is 0 Å². The first kappa shape index (κ1) is 34.9. The molecule has 14 heteroatoms. The van der Waals surface area contributed by atoms with E-state index in [1.54, 1.807) is 0 Å². The lowest BCUT2D eigenvalue weighted by atomic mass is 10.9. The van der Waals surface area contributed by atoms with E-state index in [2.05, 4.69) is 0 Å². The van der Waals surface area contributed by atoms with Gasteiger partial charge in [-0.25, -0.2) is 9.47 Å². The third-order valence-corrected chi connectivity index (χ3v) is 2.50. The Labute approximate surface area is 165 Å². The molecule has 0 aromatic carbocycles. The summed E-state index contributed by atoms with van der Waals surface area (Å²) in [5.74, 6) is 0. The van der Waals surface area contributed by atoms with E-state index in [9.17, 15) is 0 Å². The fraction of sp³-hybridized carbons (Fsp3) is 1.00. The summed E-state index contributed by atoms with van der Waals surface area (Å²) in [7, 11) is 10.1. The molecule has 0 saturated heterocycles. The Morgan fingerprint density at radius 2 is 0.536 bits per heavy atom. The van der Waals surface area contributed by atoms with Gasteiger partial charge in [0.15, 0.2) is 0 Å². The highest BCUT2D eigenvalue weighted by Gasteiger charge is 2.53. The number of hydrogen-bond donors (Lipinski definition) is 4. The standard InChI is InChI=1S/C11H24O10.CH4O4.2CH4/c1-12-9(13-2,14-3)20-11(18-7,19-8)21-10(15-4,16-5)17-6;2-1(3,4)5;;/h1-8H3;2-5H;2*1H4. The van der Waals surface area contributed by atoms with Crippen LogP contribution in [0.25, 0.3) is 0 Å². The summed E-state index contributed by atoms with van der Waals surface area (Å²) in [4.78, 5) is 0. The normalized spacial score (nSPS) is 12.4. The van der Waals surface area contributed by atoms with Crippen LogP contribution in [0.3, 0.4) is 0 Å². The Kier molecular flexibility index (Phi) is 19.1. The van der Waals surface area contributed by atoms with E-state index in [0.29, 0.717) is 0 Å². The van der Waals surface area contributed by atoms with Crippen molar-refractivity contribution >= 4 is 0 Å². The first-order valence-electron chi connectivity index (χ1n) is 6.61. The lowest BCUT2D eigenvalue weighted by molar-refractivity contribution is -0.659. The second kappa shape index (κ2) is 15.3. The highest BCUT2D eigenvalue weighted by atomic mass is 17.2. The molecule has 0 spiro atoms. The first-order valence-corrected chi connectivity index (χ1v) is 6.61. The molecular weight excluding hydrogens is 392 g/mol. The minimum Gasteiger partial charge on any atom is -0.319 e.